The molecule has 36 heavy (non-hydrogen) atoms. The van der Waals surface area contributed by atoms with E-state index in [1.54, 1.807) is 36.0 Å². The van der Waals surface area contributed by atoms with Gasteiger partial charge < -0.3 is 15.0 Å². The Morgan fingerprint density at radius 1 is 1.11 bits per heavy atom. The van der Waals surface area contributed by atoms with Crippen molar-refractivity contribution in [3.8, 4) is 5.75 Å². The van der Waals surface area contributed by atoms with E-state index >= 15 is 0 Å². The van der Waals surface area contributed by atoms with Gasteiger partial charge in [0.15, 0.2) is 0 Å². The number of nitrogens with one attached hydrogen (secondary N) is 1. The van der Waals surface area contributed by atoms with E-state index in [0.717, 1.165) is 23.4 Å². The highest BCUT2D eigenvalue weighted by atomic mass is 32.2. The Morgan fingerprint density at radius 2 is 1.86 bits per heavy atom. The Kier molecular flexibility index (Phi) is 7.83. The smallest absolute Gasteiger partial charge is 0.416 e. The number of ether oxygens (including phenoxy) is 1. The SMILES string of the molecule is CCSc1ccc(CNC(=O)c2ccc3c(c2)OCC(C(C)C)N3c2cccc(C(F)(F)F)c2)cc1. The fraction of sp³-hybridized carbons (Fsp3) is 0.321. The van der Waals surface area contributed by atoms with Crippen LogP contribution in [0.1, 0.15) is 42.3 Å². The van der Waals surface area contributed by atoms with E-state index in [2.05, 4.69) is 12.2 Å². The number of benzene rings is 3. The van der Waals surface area contributed by atoms with Crippen LogP contribution in [0.3, 0.4) is 0 Å². The topological polar surface area (TPSA) is 41.6 Å². The number of carbonyl (C=O) groups is 1. The zero-order chi connectivity index (χ0) is 25.9. The summed E-state index contributed by atoms with van der Waals surface area (Å²) >= 11 is 1.76. The molecule has 0 radical (unpaired) electrons. The summed E-state index contributed by atoms with van der Waals surface area (Å²) in [5.41, 5.74) is 1.80. The molecule has 1 heterocycles. The third-order valence-electron chi connectivity index (χ3n) is 6.13. The molecule has 1 amide bonds. The number of halogens is 3. The highest BCUT2D eigenvalue weighted by molar-refractivity contribution is 7.99. The Morgan fingerprint density at radius 3 is 2.53 bits per heavy atom. The molecule has 1 aliphatic heterocycles. The lowest BCUT2D eigenvalue weighted by molar-refractivity contribution is -0.137. The molecule has 0 saturated carbocycles. The van der Waals surface area contributed by atoms with E-state index in [4.69, 9.17) is 4.74 Å². The van der Waals surface area contributed by atoms with Gasteiger partial charge in [-0.3, -0.25) is 4.79 Å². The Balaban J connectivity index is 1.56. The molecule has 0 fully saturated rings. The first-order valence-electron chi connectivity index (χ1n) is 11.9. The monoisotopic (exact) mass is 514 g/mol. The van der Waals surface area contributed by atoms with Gasteiger partial charge in [0.25, 0.3) is 5.91 Å². The van der Waals surface area contributed by atoms with Crippen LogP contribution >= 0.6 is 11.8 Å². The molecule has 0 spiro atoms. The number of nitrogens with zero attached hydrogens (tertiary/aromatic N) is 1. The molecule has 1 atom stereocenters. The molecule has 0 saturated heterocycles. The molecule has 0 bridgehead atoms. The standard InChI is InChI=1S/C28H29F3N2O2S/c1-4-36-23-11-8-19(9-12-23)16-32-27(34)20-10-13-24-26(14-20)35-17-25(18(2)3)33(24)22-7-5-6-21(15-22)28(29,30)31/h5-15,18,25H,4,16-17H2,1-3H3,(H,32,34). The lowest BCUT2D eigenvalue weighted by Gasteiger charge is -2.41. The summed E-state index contributed by atoms with van der Waals surface area (Å²) in [6.07, 6.45) is -4.43. The van der Waals surface area contributed by atoms with Crippen molar-refractivity contribution < 1.29 is 22.7 Å². The van der Waals surface area contributed by atoms with Crippen molar-refractivity contribution in [3.05, 3.63) is 83.4 Å². The fourth-order valence-corrected chi connectivity index (χ4v) is 4.87. The van der Waals surface area contributed by atoms with Crippen molar-refractivity contribution in [1.29, 1.82) is 0 Å². The summed E-state index contributed by atoms with van der Waals surface area (Å²) in [7, 11) is 0. The van der Waals surface area contributed by atoms with Gasteiger partial charge in [0.1, 0.15) is 12.4 Å². The highest BCUT2D eigenvalue weighted by Crippen LogP contribution is 2.42. The maximum atomic E-state index is 13.4. The minimum Gasteiger partial charge on any atom is -0.489 e. The van der Waals surface area contributed by atoms with Gasteiger partial charge in [0, 0.05) is 22.7 Å². The molecule has 4 rings (SSSR count). The third kappa shape index (κ3) is 5.81. The maximum Gasteiger partial charge on any atom is 0.416 e. The summed E-state index contributed by atoms with van der Waals surface area (Å²) < 4.78 is 46.2. The summed E-state index contributed by atoms with van der Waals surface area (Å²) in [6.45, 7) is 6.81. The molecule has 1 unspecified atom stereocenters. The second-order valence-electron chi connectivity index (χ2n) is 8.98. The van der Waals surface area contributed by atoms with Gasteiger partial charge >= 0.3 is 6.18 Å². The van der Waals surface area contributed by atoms with E-state index in [1.165, 1.54) is 11.0 Å². The quantitative estimate of drug-likeness (QED) is 0.336. The van der Waals surface area contributed by atoms with Crippen molar-refractivity contribution in [2.45, 2.75) is 44.4 Å². The number of hydrogen-bond donors (Lipinski definition) is 1. The summed E-state index contributed by atoms with van der Waals surface area (Å²) in [4.78, 5) is 15.9. The predicted octanol–water partition coefficient (Wildman–Crippen LogP) is 7.30. The molecule has 190 valence electrons. The zero-order valence-corrected chi connectivity index (χ0v) is 21.2. The highest BCUT2D eigenvalue weighted by Gasteiger charge is 2.34. The molecule has 3 aromatic carbocycles. The first-order valence-corrected chi connectivity index (χ1v) is 12.9. The number of alkyl halides is 3. The Bertz CT molecular complexity index is 1210. The van der Waals surface area contributed by atoms with Gasteiger partial charge in [0.05, 0.1) is 17.3 Å². The lowest BCUT2D eigenvalue weighted by atomic mass is 9.98. The summed E-state index contributed by atoms with van der Waals surface area (Å²) in [5.74, 6) is 1.35. The number of anilines is 2. The van der Waals surface area contributed by atoms with Crippen LogP contribution in [0.2, 0.25) is 0 Å². The molecular formula is C28H29F3N2O2S. The van der Waals surface area contributed by atoms with Crippen LogP contribution in [-0.2, 0) is 12.7 Å². The van der Waals surface area contributed by atoms with Crippen molar-refractivity contribution in [3.63, 3.8) is 0 Å². The van der Waals surface area contributed by atoms with Gasteiger partial charge in [-0.25, -0.2) is 0 Å². The van der Waals surface area contributed by atoms with E-state index in [0.29, 0.717) is 35.8 Å². The molecule has 1 aliphatic rings. The Hall–Kier alpha value is -3.13. The number of amides is 1. The normalized spacial score (nSPS) is 15.4. The molecule has 8 heteroatoms. The van der Waals surface area contributed by atoms with Crippen molar-refractivity contribution in [2.24, 2.45) is 5.92 Å². The number of carbonyl (C=O) groups excluding carboxylic acids is 1. The zero-order valence-electron chi connectivity index (χ0n) is 20.4. The molecule has 0 aliphatic carbocycles. The molecule has 4 nitrogen and oxygen atoms in total. The van der Waals surface area contributed by atoms with Gasteiger partial charge in [-0.1, -0.05) is 39.0 Å². The van der Waals surface area contributed by atoms with Crippen LogP contribution in [0.25, 0.3) is 0 Å². The molecular weight excluding hydrogens is 485 g/mol. The fourth-order valence-electron chi connectivity index (χ4n) is 4.21. The van der Waals surface area contributed by atoms with Crippen LogP contribution in [0.5, 0.6) is 5.75 Å². The summed E-state index contributed by atoms with van der Waals surface area (Å²) in [6, 6.07) is 18.3. The minimum absolute atomic E-state index is 0.123. The van der Waals surface area contributed by atoms with E-state index in [-0.39, 0.29) is 17.9 Å². The lowest BCUT2D eigenvalue weighted by Crippen LogP contribution is -2.43. The third-order valence-corrected chi connectivity index (χ3v) is 7.03. The minimum atomic E-state index is -4.43. The van der Waals surface area contributed by atoms with Crippen molar-refractivity contribution in [2.75, 3.05) is 17.3 Å². The first kappa shape index (κ1) is 25.9. The average Bonchev–Trinajstić information content (AvgIpc) is 2.86. The molecule has 1 N–H and O–H groups in total. The van der Waals surface area contributed by atoms with Crippen molar-refractivity contribution in [1.82, 2.24) is 5.32 Å². The first-order chi connectivity index (χ1) is 17.2. The van der Waals surface area contributed by atoms with E-state index in [1.807, 2.05) is 43.0 Å². The summed E-state index contributed by atoms with van der Waals surface area (Å²) in [5, 5.41) is 2.93. The molecule has 0 aromatic heterocycles. The maximum absolute atomic E-state index is 13.4. The van der Waals surface area contributed by atoms with Crippen LogP contribution in [-0.4, -0.2) is 24.3 Å². The average molecular weight is 515 g/mol. The van der Waals surface area contributed by atoms with Crippen LogP contribution in [0.4, 0.5) is 24.5 Å². The van der Waals surface area contributed by atoms with Crippen LogP contribution < -0.4 is 15.0 Å². The van der Waals surface area contributed by atoms with Crippen LogP contribution in [0, 0.1) is 5.92 Å². The van der Waals surface area contributed by atoms with Gasteiger partial charge in [-0.05, 0) is 65.8 Å². The second-order valence-corrected chi connectivity index (χ2v) is 10.3. The van der Waals surface area contributed by atoms with E-state index in [9.17, 15) is 18.0 Å². The molecule has 3 aromatic rings. The predicted molar refractivity (Wildman–Crippen MR) is 138 cm³/mol. The van der Waals surface area contributed by atoms with Gasteiger partial charge in [0.2, 0.25) is 0 Å². The van der Waals surface area contributed by atoms with Crippen LogP contribution in [0.15, 0.2) is 71.6 Å². The number of hydrogen-bond acceptors (Lipinski definition) is 4. The van der Waals surface area contributed by atoms with Gasteiger partial charge in [-0.2, -0.15) is 13.2 Å². The second kappa shape index (κ2) is 10.9. The number of rotatable bonds is 7. The number of fused-ring (bicyclic) bond motifs is 1. The van der Waals surface area contributed by atoms with Gasteiger partial charge in [-0.15, -0.1) is 11.8 Å². The largest absolute Gasteiger partial charge is 0.489 e. The van der Waals surface area contributed by atoms with Crippen molar-refractivity contribution >= 4 is 29.0 Å². The Labute approximate surface area is 213 Å². The number of thioether (sulfide) groups is 1. The van der Waals surface area contributed by atoms with E-state index < -0.39 is 11.7 Å².